The topological polar surface area (TPSA) is 61.6 Å². The van der Waals surface area contributed by atoms with Crippen LogP contribution in [0.3, 0.4) is 0 Å². The number of methoxy groups -OCH3 is 1. The van der Waals surface area contributed by atoms with Gasteiger partial charge in [-0.15, -0.1) is 13.2 Å². The number of ether oxygens (including phenoxy) is 2. The summed E-state index contributed by atoms with van der Waals surface area (Å²) >= 11 is 0. The Morgan fingerprint density at radius 1 is 1.17 bits per heavy atom. The van der Waals surface area contributed by atoms with Gasteiger partial charge in [0, 0.05) is 5.56 Å². The molecule has 0 unspecified atom stereocenters. The Morgan fingerprint density at radius 3 is 2.50 bits per heavy atom. The van der Waals surface area contributed by atoms with E-state index in [1.807, 2.05) is 0 Å². The molecule has 0 N–H and O–H groups in total. The molecular weight excluding hydrogens is 327 g/mol. The van der Waals surface area contributed by atoms with Crippen LogP contribution in [0, 0.1) is 0 Å². The van der Waals surface area contributed by atoms with E-state index in [-0.39, 0.29) is 22.6 Å². The Hall–Kier alpha value is -3.03. The third-order valence-corrected chi connectivity index (χ3v) is 3.13. The highest BCUT2D eigenvalue weighted by Gasteiger charge is 2.33. The van der Waals surface area contributed by atoms with Crippen molar-refractivity contribution in [2.75, 3.05) is 7.11 Å². The number of alkyl halides is 3. The zero-order valence-electron chi connectivity index (χ0n) is 12.3. The van der Waals surface area contributed by atoms with Crippen LogP contribution < -0.4 is 4.74 Å². The lowest BCUT2D eigenvalue weighted by Crippen LogP contribution is -2.17. The second-order valence-corrected chi connectivity index (χ2v) is 4.75. The molecule has 124 valence electrons. The summed E-state index contributed by atoms with van der Waals surface area (Å²) in [7, 11) is 1.12. The summed E-state index contributed by atoms with van der Waals surface area (Å²) < 4.78 is 51.8. The summed E-state index contributed by atoms with van der Waals surface area (Å²) in [6.07, 6.45) is -4.94. The number of rotatable bonds is 3. The smallest absolute Gasteiger partial charge is 0.465 e. The first kappa shape index (κ1) is 15.9. The molecule has 24 heavy (non-hydrogen) atoms. The maximum absolute atomic E-state index is 12.6. The molecule has 1 heterocycles. The van der Waals surface area contributed by atoms with Gasteiger partial charge in [-0.1, -0.05) is 18.2 Å². The molecule has 0 saturated heterocycles. The van der Waals surface area contributed by atoms with Crippen molar-refractivity contribution in [3.05, 3.63) is 48.0 Å². The molecule has 2 aromatic carbocycles. The fourth-order valence-electron chi connectivity index (χ4n) is 2.14. The number of carbonyl (C=O) groups excluding carboxylic acids is 1. The number of esters is 1. The molecule has 0 bridgehead atoms. The number of fused-ring (bicyclic) bond motifs is 1. The van der Waals surface area contributed by atoms with Crippen LogP contribution in [0.25, 0.3) is 22.6 Å². The van der Waals surface area contributed by atoms with Crippen LogP contribution in [0.5, 0.6) is 5.75 Å². The average molecular weight is 337 g/mol. The molecule has 1 aromatic heterocycles. The van der Waals surface area contributed by atoms with Crippen LogP contribution in [0.1, 0.15) is 10.4 Å². The van der Waals surface area contributed by atoms with Gasteiger partial charge in [0.05, 0.1) is 12.7 Å². The van der Waals surface area contributed by atoms with Gasteiger partial charge >= 0.3 is 12.3 Å². The van der Waals surface area contributed by atoms with Crippen molar-refractivity contribution in [2.24, 2.45) is 0 Å². The number of hydrogen-bond donors (Lipinski definition) is 0. The first-order valence-electron chi connectivity index (χ1n) is 6.71. The van der Waals surface area contributed by atoms with Gasteiger partial charge in [0.25, 0.3) is 0 Å². The molecule has 0 atom stereocenters. The van der Waals surface area contributed by atoms with Crippen LogP contribution >= 0.6 is 0 Å². The lowest BCUT2D eigenvalue weighted by atomic mass is 10.2. The van der Waals surface area contributed by atoms with Crippen molar-refractivity contribution >= 4 is 17.1 Å². The van der Waals surface area contributed by atoms with E-state index >= 15 is 0 Å². The van der Waals surface area contributed by atoms with Crippen LogP contribution in [-0.4, -0.2) is 24.4 Å². The van der Waals surface area contributed by atoms with Crippen molar-refractivity contribution in [2.45, 2.75) is 6.36 Å². The molecular formula is C16H10F3NO4. The van der Waals surface area contributed by atoms with Gasteiger partial charge in [-0.3, -0.25) is 0 Å². The standard InChI is InChI=1S/C16H10F3NO4/c1-22-15(21)10-7-11-13(12(8-10)24-16(17,18)19)20-14(23-11)9-5-3-2-4-6-9/h2-8H,1H3. The second kappa shape index (κ2) is 5.88. The molecule has 3 rings (SSSR count). The number of benzene rings is 2. The van der Waals surface area contributed by atoms with E-state index in [2.05, 4.69) is 14.5 Å². The van der Waals surface area contributed by atoms with Gasteiger partial charge in [-0.05, 0) is 24.3 Å². The number of hydrogen-bond acceptors (Lipinski definition) is 5. The van der Waals surface area contributed by atoms with Crippen LogP contribution in [0.4, 0.5) is 13.2 Å². The molecule has 3 aromatic rings. The minimum atomic E-state index is -4.94. The Kier molecular flexibility index (Phi) is 3.88. The molecule has 0 aliphatic heterocycles. The highest BCUT2D eigenvalue weighted by molar-refractivity contribution is 5.95. The van der Waals surface area contributed by atoms with E-state index in [1.54, 1.807) is 30.3 Å². The van der Waals surface area contributed by atoms with E-state index < -0.39 is 18.1 Å². The molecule has 8 heteroatoms. The van der Waals surface area contributed by atoms with Gasteiger partial charge in [-0.2, -0.15) is 0 Å². The minimum Gasteiger partial charge on any atom is -0.465 e. The van der Waals surface area contributed by atoms with E-state index in [0.29, 0.717) is 5.56 Å². The number of nitrogens with zero attached hydrogens (tertiary/aromatic N) is 1. The maximum Gasteiger partial charge on any atom is 0.573 e. The van der Waals surface area contributed by atoms with E-state index in [0.717, 1.165) is 13.2 Å². The van der Waals surface area contributed by atoms with Gasteiger partial charge in [0.15, 0.2) is 16.8 Å². The Bertz CT molecular complexity index is 887. The zero-order chi connectivity index (χ0) is 17.3. The molecule has 0 radical (unpaired) electrons. The normalized spacial score (nSPS) is 11.5. The summed E-state index contributed by atoms with van der Waals surface area (Å²) in [5, 5.41) is 0. The summed E-state index contributed by atoms with van der Waals surface area (Å²) in [4.78, 5) is 15.7. The number of aromatic nitrogens is 1. The number of oxazole rings is 1. The third-order valence-electron chi connectivity index (χ3n) is 3.13. The van der Waals surface area contributed by atoms with Crippen molar-refractivity contribution in [1.29, 1.82) is 0 Å². The minimum absolute atomic E-state index is 0.0176. The second-order valence-electron chi connectivity index (χ2n) is 4.75. The molecule has 0 fully saturated rings. The molecule has 0 spiro atoms. The Labute approximate surface area is 133 Å². The highest BCUT2D eigenvalue weighted by atomic mass is 19.4. The molecule has 0 aliphatic rings. The SMILES string of the molecule is COC(=O)c1cc(OC(F)(F)F)c2nc(-c3ccccc3)oc2c1. The summed E-state index contributed by atoms with van der Waals surface area (Å²) in [5.41, 5.74) is 0.279. The monoisotopic (exact) mass is 337 g/mol. The lowest BCUT2D eigenvalue weighted by molar-refractivity contribution is -0.274. The van der Waals surface area contributed by atoms with Gasteiger partial charge < -0.3 is 13.9 Å². The number of halogens is 3. The van der Waals surface area contributed by atoms with Crippen LogP contribution in [-0.2, 0) is 4.74 Å². The summed E-state index contributed by atoms with van der Waals surface area (Å²) in [5.74, 6) is -1.34. The Morgan fingerprint density at radius 2 is 1.88 bits per heavy atom. The van der Waals surface area contributed by atoms with Crippen molar-refractivity contribution < 1.29 is 31.9 Å². The third kappa shape index (κ3) is 3.17. The van der Waals surface area contributed by atoms with Crippen LogP contribution in [0.15, 0.2) is 46.9 Å². The average Bonchev–Trinajstić information content (AvgIpc) is 2.98. The molecule has 5 nitrogen and oxygen atoms in total. The van der Waals surface area contributed by atoms with Gasteiger partial charge in [0.2, 0.25) is 5.89 Å². The van der Waals surface area contributed by atoms with Crippen molar-refractivity contribution in [3.8, 4) is 17.2 Å². The summed E-state index contributed by atoms with van der Waals surface area (Å²) in [6, 6.07) is 10.8. The lowest BCUT2D eigenvalue weighted by Gasteiger charge is -2.09. The van der Waals surface area contributed by atoms with Crippen molar-refractivity contribution in [1.82, 2.24) is 4.98 Å². The quantitative estimate of drug-likeness (QED) is 0.671. The summed E-state index contributed by atoms with van der Waals surface area (Å²) in [6.45, 7) is 0. The first-order chi connectivity index (χ1) is 11.4. The zero-order valence-corrected chi connectivity index (χ0v) is 12.3. The van der Waals surface area contributed by atoms with Crippen LogP contribution in [0.2, 0.25) is 0 Å². The fourth-order valence-corrected chi connectivity index (χ4v) is 2.14. The first-order valence-corrected chi connectivity index (χ1v) is 6.71. The van der Waals surface area contributed by atoms with E-state index in [1.165, 1.54) is 6.07 Å². The largest absolute Gasteiger partial charge is 0.573 e. The van der Waals surface area contributed by atoms with E-state index in [4.69, 9.17) is 4.42 Å². The Balaban J connectivity index is 2.18. The maximum atomic E-state index is 12.6. The van der Waals surface area contributed by atoms with E-state index in [9.17, 15) is 18.0 Å². The van der Waals surface area contributed by atoms with Crippen molar-refractivity contribution in [3.63, 3.8) is 0 Å². The highest BCUT2D eigenvalue weighted by Crippen LogP contribution is 2.34. The molecule has 0 amide bonds. The molecule has 0 aliphatic carbocycles. The predicted molar refractivity (Wildman–Crippen MR) is 77.5 cm³/mol. The number of carbonyl (C=O) groups is 1. The molecule has 0 saturated carbocycles. The fraction of sp³-hybridized carbons (Fsp3) is 0.125. The van der Waals surface area contributed by atoms with Gasteiger partial charge in [0.1, 0.15) is 0 Å². The van der Waals surface area contributed by atoms with Gasteiger partial charge in [-0.25, -0.2) is 9.78 Å². The predicted octanol–water partition coefficient (Wildman–Crippen LogP) is 4.18.